The van der Waals surface area contributed by atoms with E-state index in [-0.39, 0.29) is 13.0 Å². The molecule has 5 rings (SSSR count). The van der Waals surface area contributed by atoms with Crippen LogP contribution in [0.4, 0.5) is 8.78 Å². The van der Waals surface area contributed by atoms with Crippen LogP contribution in [0.3, 0.4) is 0 Å². The van der Waals surface area contributed by atoms with Crippen LogP contribution >= 0.6 is 0 Å². The molecule has 0 N–H and O–H groups in total. The summed E-state index contributed by atoms with van der Waals surface area (Å²) in [4.78, 5) is 23.3. The van der Waals surface area contributed by atoms with Crippen molar-refractivity contribution in [2.24, 2.45) is 7.05 Å². The number of alkyl halides is 2. The number of pyridine rings is 2. The molecule has 0 saturated carbocycles. The second-order valence-corrected chi connectivity index (χ2v) is 7.98. The highest BCUT2D eigenvalue weighted by Crippen LogP contribution is 2.38. The Morgan fingerprint density at radius 1 is 1.13 bits per heavy atom. The third kappa shape index (κ3) is 2.82. The average Bonchev–Trinajstić information content (AvgIpc) is 2.98. The summed E-state index contributed by atoms with van der Waals surface area (Å²) in [5.74, 6) is -3.01. The van der Waals surface area contributed by atoms with Gasteiger partial charge in [0.2, 0.25) is 0 Å². The molecule has 8 heteroatoms. The highest BCUT2D eigenvalue weighted by atomic mass is 19.3. The molecule has 154 valence electrons. The molecule has 1 saturated heterocycles. The van der Waals surface area contributed by atoms with Crippen LogP contribution in [-0.2, 0) is 7.05 Å². The van der Waals surface area contributed by atoms with Crippen LogP contribution in [0.1, 0.15) is 12.5 Å². The Hall–Kier alpha value is -3.13. The fourth-order valence-electron chi connectivity index (χ4n) is 4.45. The van der Waals surface area contributed by atoms with Crippen LogP contribution in [0, 0.1) is 0 Å². The van der Waals surface area contributed by atoms with Gasteiger partial charge in [-0.25, -0.2) is 13.6 Å². The summed E-state index contributed by atoms with van der Waals surface area (Å²) in [6.07, 6.45) is 5.24. The van der Waals surface area contributed by atoms with Gasteiger partial charge >= 0.3 is 5.69 Å². The van der Waals surface area contributed by atoms with Gasteiger partial charge in [-0.05, 0) is 37.2 Å². The van der Waals surface area contributed by atoms with Gasteiger partial charge in [-0.15, -0.1) is 0 Å². The molecule has 1 fully saturated rings. The topological polar surface area (TPSA) is 56.0 Å². The van der Waals surface area contributed by atoms with Crippen LogP contribution in [0.25, 0.3) is 33.1 Å². The predicted octanol–water partition coefficient (Wildman–Crippen LogP) is 3.46. The molecule has 6 nitrogen and oxygen atoms in total. The lowest BCUT2D eigenvalue weighted by molar-refractivity contribution is -0.0977. The molecule has 1 atom stereocenters. The highest BCUT2D eigenvalue weighted by Gasteiger charge is 2.46. The smallest absolute Gasteiger partial charge is 0.300 e. The number of rotatable bonds is 2. The number of benzene rings is 1. The summed E-state index contributed by atoms with van der Waals surface area (Å²) in [6, 6.07) is 8.27. The number of likely N-dealkylation sites (tertiary alicyclic amines) is 1. The Bertz CT molecular complexity index is 1310. The molecule has 3 aromatic heterocycles. The van der Waals surface area contributed by atoms with E-state index in [1.165, 1.54) is 9.13 Å². The molecule has 0 amide bonds. The standard InChI is InChI=1S/C22H21F2N5O/c1-27-9-7-19(22(23,24)13-27)29-20-16-10-14(15-4-3-8-25-11-15)5-6-17(16)26-12-18(20)28(2)21(29)30/h3-6,8,10-12,19H,7,9,13H2,1-2H3/t19-/m1/s1. The average molecular weight is 409 g/mol. The minimum Gasteiger partial charge on any atom is -0.300 e. The van der Waals surface area contributed by atoms with Gasteiger partial charge in [-0.2, -0.15) is 0 Å². The summed E-state index contributed by atoms with van der Waals surface area (Å²) < 4.78 is 32.8. The quantitative estimate of drug-likeness (QED) is 0.509. The molecule has 0 radical (unpaired) electrons. The van der Waals surface area contributed by atoms with Crippen LogP contribution in [0.5, 0.6) is 0 Å². The maximum atomic E-state index is 15.0. The van der Waals surface area contributed by atoms with E-state index >= 15 is 8.78 Å². The zero-order valence-electron chi connectivity index (χ0n) is 16.7. The van der Waals surface area contributed by atoms with Crippen molar-refractivity contribution in [1.82, 2.24) is 24.0 Å². The van der Waals surface area contributed by atoms with Gasteiger partial charge in [0.05, 0.1) is 29.3 Å². The van der Waals surface area contributed by atoms with Crippen molar-refractivity contribution >= 4 is 21.9 Å². The van der Waals surface area contributed by atoms with E-state index in [1.807, 2.05) is 30.3 Å². The fraction of sp³-hybridized carbons (Fsp3) is 0.318. The van der Waals surface area contributed by atoms with E-state index in [1.54, 1.807) is 37.6 Å². The van der Waals surface area contributed by atoms with Crippen molar-refractivity contribution in [3.63, 3.8) is 0 Å². The Balaban J connectivity index is 1.82. The maximum Gasteiger partial charge on any atom is 0.329 e. The van der Waals surface area contributed by atoms with Gasteiger partial charge < -0.3 is 4.90 Å². The molecule has 0 bridgehead atoms. The SMILES string of the molecule is CN1CC[C@@H](n2c(=O)n(C)c3cnc4ccc(-c5cccnc5)cc4c32)C(F)(F)C1. The molecular formula is C22H21F2N5O. The second-order valence-electron chi connectivity index (χ2n) is 7.98. The highest BCUT2D eigenvalue weighted by molar-refractivity contribution is 6.04. The van der Waals surface area contributed by atoms with Crippen molar-refractivity contribution < 1.29 is 8.78 Å². The largest absolute Gasteiger partial charge is 0.329 e. The maximum absolute atomic E-state index is 15.0. The van der Waals surface area contributed by atoms with Gasteiger partial charge in [-0.3, -0.25) is 19.1 Å². The monoisotopic (exact) mass is 409 g/mol. The number of aromatic nitrogens is 4. The van der Waals surface area contributed by atoms with Gasteiger partial charge in [0, 0.05) is 36.9 Å². The molecule has 4 heterocycles. The first-order chi connectivity index (χ1) is 14.4. The van der Waals surface area contributed by atoms with Crippen LogP contribution in [-0.4, -0.2) is 50.1 Å². The van der Waals surface area contributed by atoms with Crippen LogP contribution < -0.4 is 5.69 Å². The van der Waals surface area contributed by atoms with Crippen molar-refractivity contribution in [2.45, 2.75) is 18.4 Å². The van der Waals surface area contributed by atoms with Crippen molar-refractivity contribution in [3.05, 3.63) is 59.4 Å². The number of imidazole rings is 1. The predicted molar refractivity (Wildman–Crippen MR) is 112 cm³/mol. The number of hydrogen-bond donors (Lipinski definition) is 0. The first kappa shape index (κ1) is 18.9. The normalized spacial score (nSPS) is 19.5. The molecule has 30 heavy (non-hydrogen) atoms. The van der Waals surface area contributed by atoms with Crippen molar-refractivity contribution in [3.8, 4) is 11.1 Å². The zero-order chi connectivity index (χ0) is 21.0. The summed E-state index contributed by atoms with van der Waals surface area (Å²) in [5, 5.41) is 0.682. The lowest BCUT2D eigenvalue weighted by Crippen LogP contribution is -2.49. The molecule has 0 spiro atoms. The Morgan fingerprint density at radius 2 is 1.97 bits per heavy atom. The van der Waals surface area contributed by atoms with Gasteiger partial charge in [-0.1, -0.05) is 12.1 Å². The third-order valence-corrected chi connectivity index (χ3v) is 5.97. The first-order valence-electron chi connectivity index (χ1n) is 9.83. The lowest BCUT2D eigenvalue weighted by Gasteiger charge is -2.37. The summed E-state index contributed by atoms with van der Waals surface area (Å²) in [6.45, 7) is 0.136. The molecule has 4 aromatic rings. The van der Waals surface area contributed by atoms with E-state index in [2.05, 4.69) is 9.97 Å². The Labute approximate surface area is 171 Å². The number of halogens is 2. The van der Waals surface area contributed by atoms with Crippen LogP contribution in [0.15, 0.2) is 53.7 Å². The van der Waals surface area contributed by atoms with E-state index < -0.39 is 17.7 Å². The zero-order valence-corrected chi connectivity index (χ0v) is 16.7. The third-order valence-electron chi connectivity index (χ3n) is 5.97. The molecular weight excluding hydrogens is 388 g/mol. The van der Waals surface area contributed by atoms with E-state index in [9.17, 15) is 4.79 Å². The fourth-order valence-corrected chi connectivity index (χ4v) is 4.45. The first-order valence-corrected chi connectivity index (χ1v) is 9.83. The lowest BCUT2D eigenvalue weighted by atomic mass is 10.00. The number of fused-ring (bicyclic) bond motifs is 3. The number of hydrogen-bond acceptors (Lipinski definition) is 4. The molecule has 1 aliphatic rings. The Kier molecular flexibility index (Phi) is 4.21. The number of aryl methyl sites for hydroxylation is 1. The van der Waals surface area contributed by atoms with Crippen molar-refractivity contribution in [2.75, 3.05) is 20.1 Å². The minimum absolute atomic E-state index is 0.203. The van der Waals surface area contributed by atoms with E-state index in [0.717, 1.165) is 11.1 Å². The van der Waals surface area contributed by atoms with Gasteiger partial charge in [0.25, 0.3) is 5.92 Å². The molecule has 1 aliphatic heterocycles. The molecule has 0 aliphatic carbocycles. The summed E-state index contributed by atoms with van der Waals surface area (Å²) in [5.41, 5.74) is 3.07. The summed E-state index contributed by atoms with van der Waals surface area (Å²) in [7, 11) is 3.28. The number of nitrogens with zero attached hydrogens (tertiary/aromatic N) is 5. The second kappa shape index (κ2) is 6.70. The molecule has 0 unspecified atom stereocenters. The van der Waals surface area contributed by atoms with E-state index in [0.29, 0.717) is 28.5 Å². The van der Waals surface area contributed by atoms with Gasteiger partial charge in [0.1, 0.15) is 6.04 Å². The number of piperidine rings is 1. The van der Waals surface area contributed by atoms with Crippen LogP contribution in [0.2, 0.25) is 0 Å². The van der Waals surface area contributed by atoms with Gasteiger partial charge in [0.15, 0.2) is 0 Å². The molecule has 1 aromatic carbocycles. The minimum atomic E-state index is -3.01. The van der Waals surface area contributed by atoms with Crippen molar-refractivity contribution in [1.29, 1.82) is 0 Å². The van der Waals surface area contributed by atoms with E-state index in [4.69, 9.17) is 0 Å². The summed E-state index contributed by atoms with van der Waals surface area (Å²) >= 11 is 0. The Morgan fingerprint density at radius 3 is 2.70 bits per heavy atom.